The predicted octanol–water partition coefficient (Wildman–Crippen LogP) is 3.64. The summed E-state index contributed by atoms with van der Waals surface area (Å²) >= 11 is 4.69. The summed E-state index contributed by atoms with van der Waals surface area (Å²) in [5.74, 6) is -0.305. The van der Waals surface area contributed by atoms with E-state index in [0.717, 1.165) is 16.3 Å². The number of aromatic nitrogens is 3. The van der Waals surface area contributed by atoms with Crippen LogP contribution in [-0.4, -0.2) is 32.7 Å². The Hall–Kier alpha value is -3.73. The molecule has 0 aliphatic rings. The molecule has 152 valence electrons. The minimum Gasteiger partial charge on any atom is -0.406 e. The first-order valence-electron chi connectivity index (χ1n) is 8.53. The quantitative estimate of drug-likeness (QED) is 0.292. The van der Waals surface area contributed by atoms with E-state index in [1.807, 2.05) is 30.3 Å². The van der Waals surface area contributed by atoms with E-state index in [1.165, 1.54) is 24.3 Å². The molecule has 0 saturated carbocycles. The van der Waals surface area contributed by atoms with E-state index in [-0.39, 0.29) is 10.9 Å². The van der Waals surface area contributed by atoms with Crippen molar-refractivity contribution in [3.05, 3.63) is 60.2 Å². The molecule has 0 saturated heterocycles. The molecule has 4 rings (SSSR count). The average molecular weight is 430 g/mol. The van der Waals surface area contributed by atoms with E-state index in [1.54, 1.807) is 10.9 Å². The summed E-state index contributed by atoms with van der Waals surface area (Å²) in [4.78, 5) is 0. The molecule has 0 spiro atoms. The van der Waals surface area contributed by atoms with Gasteiger partial charge in [-0.05, 0) is 59.6 Å². The second-order valence-corrected chi connectivity index (χ2v) is 6.63. The molecule has 0 amide bonds. The van der Waals surface area contributed by atoms with Gasteiger partial charge >= 0.3 is 6.36 Å². The van der Waals surface area contributed by atoms with Gasteiger partial charge in [0.05, 0.1) is 17.4 Å². The van der Waals surface area contributed by atoms with Crippen molar-refractivity contribution in [2.75, 3.05) is 0 Å². The van der Waals surface area contributed by atoms with Crippen LogP contribution in [0.2, 0.25) is 0 Å². The summed E-state index contributed by atoms with van der Waals surface area (Å²) in [5, 5.41) is 14.2. The molecule has 0 unspecified atom stereocenters. The Morgan fingerprint density at radius 3 is 2.60 bits per heavy atom. The number of thiocarbonyl (C=S) groups is 1. The second-order valence-electron chi connectivity index (χ2n) is 6.19. The molecule has 3 N–H and O–H groups in total. The number of hydrazone groups is 1. The van der Waals surface area contributed by atoms with Crippen molar-refractivity contribution in [2.45, 2.75) is 6.36 Å². The highest BCUT2D eigenvalue weighted by molar-refractivity contribution is 7.80. The Morgan fingerprint density at radius 1 is 1.13 bits per heavy atom. The minimum atomic E-state index is -4.74. The van der Waals surface area contributed by atoms with Crippen molar-refractivity contribution in [1.82, 2.24) is 20.4 Å². The van der Waals surface area contributed by atoms with Crippen LogP contribution in [0.25, 0.3) is 27.5 Å². The van der Waals surface area contributed by atoms with Crippen LogP contribution < -0.4 is 15.9 Å². The normalized spacial score (nSPS) is 12.0. The largest absolute Gasteiger partial charge is 0.573 e. The molecule has 4 aromatic rings. The predicted molar refractivity (Wildman–Crippen MR) is 111 cm³/mol. The third kappa shape index (κ3) is 4.15. The molecule has 0 atom stereocenters. The summed E-state index contributed by atoms with van der Waals surface area (Å²) in [6.07, 6.45) is -3.15. The van der Waals surface area contributed by atoms with E-state index >= 15 is 0 Å². The summed E-state index contributed by atoms with van der Waals surface area (Å²) in [6, 6.07) is 14.8. The molecule has 7 nitrogen and oxygen atoms in total. The molecule has 0 fully saturated rings. The third-order valence-electron chi connectivity index (χ3n) is 4.16. The molecular formula is C19H13F3N6OS. The number of hydrogen-bond acceptors (Lipinski definition) is 5. The Morgan fingerprint density at radius 2 is 1.90 bits per heavy atom. The van der Waals surface area contributed by atoms with Crippen LogP contribution in [0.3, 0.4) is 0 Å². The Labute approximate surface area is 172 Å². The second kappa shape index (κ2) is 7.59. The third-order valence-corrected chi connectivity index (χ3v) is 4.25. The molecule has 0 aliphatic heterocycles. The van der Waals surface area contributed by atoms with Gasteiger partial charge in [0.2, 0.25) is 0 Å². The number of benzene rings is 3. The Bertz CT molecular complexity index is 1270. The molecule has 1 heterocycles. The summed E-state index contributed by atoms with van der Waals surface area (Å²) < 4.78 is 42.4. The van der Waals surface area contributed by atoms with E-state index in [2.05, 4.69) is 25.6 Å². The zero-order valence-corrected chi connectivity index (χ0v) is 15.9. The zero-order valence-electron chi connectivity index (χ0n) is 15.1. The lowest BCUT2D eigenvalue weighted by atomic mass is 10.1. The van der Waals surface area contributed by atoms with E-state index in [4.69, 9.17) is 18.0 Å². The van der Waals surface area contributed by atoms with Gasteiger partial charge in [-0.1, -0.05) is 23.4 Å². The molecule has 1 aromatic heterocycles. The van der Waals surface area contributed by atoms with Crippen molar-refractivity contribution < 1.29 is 17.9 Å². The highest BCUT2D eigenvalue weighted by atomic mass is 32.1. The van der Waals surface area contributed by atoms with E-state index in [9.17, 15) is 13.2 Å². The Balaban J connectivity index is 1.67. The highest BCUT2D eigenvalue weighted by Gasteiger charge is 2.31. The van der Waals surface area contributed by atoms with Crippen LogP contribution in [0.4, 0.5) is 13.2 Å². The topological polar surface area (TPSA) is 90.4 Å². The smallest absolute Gasteiger partial charge is 0.406 e. The number of fused-ring (bicyclic) bond motifs is 3. The minimum absolute atomic E-state index is 0.0726. The van der Waals surface area contributed by atoms with Crippen LogP contribution >= 0.6 is 12.2 Å². The van der Waals surface area contributed by atoms with Gasteiger partial charge in [-0.2, -0.15) is 5.10 Å². The van der Waals surface area contributed by atoms with Gasteiger partial charge in [0, 0.05) is 5.39 Å². The van der Waals surface area contributed by atoms with Gasteiger partial charge < -0.3 is 10.5 Å². The SMILES string of the molecule is NC(=S)N/N=C/c1ccc2c(ccc3c2nnn3-c2ccc(OC(F)(F)F)cc2)c1. The maximum atomic E-state index is 12.3. The molecular weight excluding hydrogens is 417 g/mol. The number of halogens is 3. The maximum absolute atomic E-state index is 12.3. The van der Waals surface area contributed by atoms with Gasteiger partial charge in [0.1, 0.15) is 11.3 Å². The molecule has 11 heteroatoms. The number of alkyl halides is 3. The fourth-order valence-corrected chi connectivity index (χ4v) is 3.02. The van der Waals surface area contributed by atoms with E-state index in [0.29, 0.717) is 16.7 Å². The van der Waals surface area contributed by atoms with Gasteiger partial charge in [-0.15, -0.1) is 18.3 Å². The fourth-order valence-electron chi connectivity index (χ4n) is 2.96. The summed E-state index contributed by atoms with van der Waals surface area (Å²) in [6.45, 7) is 0. The van der Waals surface area contributed by atoms with Gasteiger partial charge in [0.15, 0.2) is 5.11 Å². The van der Waals surface area contributed by atoms with Crippen LogP contribution in [-0.2, 0) is 0 Å². The number of nitrogens with two attached hydrogens (primary N) is 1. The molecule has 0 bridgehead atoms. The van der Waals surface area contributed by atoms with Crippen LogP contribution in [0.15, 0.2) is 59.7 Å². The number of nitrogens with zero attached hydrogens (tertiary/aromatic N) is 4. The van der Waals surface area contributed by atoms with Crippen LogP contribution in [0, 0.1) is 0 Å². The van der Waals surface area contributed by atoms with Gasteiger partial charge in [-0.3, -0.25) is 5.43 Å². The molecule has 3 aromatic carbocycles. The first-order chi connectivity index (χ1) is 14.3. The van der Waals surface area contributed by atoms with Crippen molar-refractivity contribution in [3.8, 4) is 11.4 Å². The number of rotatable bonds is 4. The number of hydrogen-bond donors (Lipinski definition) is 2. The van der Waals surface area contributed by atoms with Crippen LogP contribution in [0.5, 0.6) is 5.75 Å². The molecule has 30 heavy (non-hydrogen) atoms. The first kappa shape index (κ1) is 19.6. The lowest BCUT2D eigenvalue weighted by Crippen LogP contribution is -2.23. The standard InChI is InChI=1S/C19H13F3N6OS/c20-19(21,22)29-14-5-3-13(4-6-14)28-16-8-2-12-9-11(10-24-26-18(23)30)1-7-15(12)17(16)25-27-28/h1-10H,(H3,23,26,30)/b24-10+. The lowest BCUT2D eigenvalue weighted by Gasteiger charge is -2.09. The fraction of sp³-hybridized carbons (Fsp3) is 0.0526. The van der Waals surface area contributed by atoms with Crippen molar-refractivity contribution >= 4 is 45.4 Å². The molecule has 0 aliphatic carbocycles. The summed E-state index contributed by atoms with van der Waals surface area (Å²) in [7, 11) is 0. The highest BCUT2D eigenvalue weighted by Crippen LogP contribution is 2.27. The van der Waals surface area contributed by atoms with Crippen molar-refractivity contribution in [3.63, 3.8) is 0 Å². The first-order valence-corrected chi connectivity index (χ1v) is 8.94. The Kier molecular flexibility index (Phi) is 4.96. The van der Waals surface area contributed by atoms with Gasteiger partial charge in [-0.25, -0.2) is 4.68 Å². The molecule has 0 radical (unpaired) electrons. The monoisotopic (exact) mass is 430 g/mol. The van der Waals surface area contributed by atoms with Crippen molar-refractivity contribution in [1.29, 1.82) is 0 Å². The zero-order chi connectivity index (χ0) is 21.3. The summed E-state index contributed by atoms with van der Waals surface area (Å²) in [5.41, 5.74) is 10.6. The van der Waals surface area contributed by atoms with Gasteiger partial charge in [0.25, 0.3) is 0 Å². The number of ether oxygens (including phenoxy) is 1. The number of nitrogens with one attached hydrogen (secondary N) is 1. The van der Waals surface area contributed by atoms with Crippen molar-refractivity contribution in [2.24, 2.45) is 10.8 Å². The lowest BCUT2D eigenvalue weighted by molar-refractivity contribution is -0.274. The van der Waals surface area contributed by atoms with Crippen LogP contribution in [0.1, 0.15) is 5.56 Å². The van der Waals surface area contributed by atoms with E-state index < -0.39 is 6.36 Å². The average Bonchev–Trinajstić information content (AvgIpc) is 3.11. The maximum Gasteiger partial charge on any atom is 0.573 e.